The third kappa shape index (κ3) is 2.60. The van der Waals surface area contributed by atoms with Crippen LogP contribution in [-0.4, -0.2) is 28.5 Å². The Morgan fingerprint density at radius 1 is 1.47 bits per heavy atom. The van der Waals surface area contributed by atoms with E-state index < -0.39 is 11.6 Å². The monoisotopic (exact) mass is 212 g/mol. The van der Waals surface area contributed by atoms with E-state index in [9.17, 15) is 4.79 Å². The van der Waals surface area contributed by atoms with E-state index in [0.29, 0.717) is 25.7 Å². The summed E-state index contributed by atoms with van der Waals surface area (Å²) in [5.41, 5.74) is -1.12. The average molecular weight is 212 g/mol. The zero-order valence-electron chi connectivity index (χ0n) is 8.79. The fourth-order valence-corrected chi connectivity index (χ4v) is 1.91. The van der Waals surface area contributed by atoms with E-state index in [1.165, 1.54) is 0 Å². The Balaban J connectivity index is 2.67. The number of aliphatic hydroxyl groups is 1. The number of hydrogen-bond donors (Lipinski definition) is 3. The minimum atomic E-state index is -1.16. The molecule has 0 spiro atoms. The molecule has 1 fully saturated rings. The zero-order chi connectivity index (χ0) is 11.5. The molecule has 5 heteroatoms. The van der Waals surface area contributed by atoms with Crippen LogP contribution in [0.25, 0.3) is 0 Å². The van der Waals surface area contributed by atoms with Gasteiger partial charge in [-0.25, -0.2) is 4.79 Å². The Morgan fingerprint density at radius 2 is 2.00 bits per heavy atom. The normalized spacial score (nSPS) is 35.5. The van der Waals surface area contributed by atoms with Crippen LogP contribution in [0.4, 0.5) is 4.79 Å². The predicted molar refractivity (Wildman–Crippen MR) is 53.2 cm³/mol. The molecule has 84 valence electrons. The van der Waals surface area contributed by atoms with Gasteiger partial charge < -0.3 is 15.5 Å². The van der Waals surface area contributed by atoms with Gasteiger partial charge in [-0.1, -0.05) is 6.92 Å². The maximum Gasteiger partial charge on any atom is 0.405 e. The quantitative estimate of drug-likeness (QED) is 0.638. The molecule has 0 unspecified atom stereocenters. The van der Waals surface area contributed by atoms with E-state index in [0.717, 1.165) is 0 Å². The lowest BCUT2D eigenvalue weighted by Crippen LogP contribution is -2.51. The molecule has 0 aliphatic heterocycles. The molecule has 1 rings (SSSR count). The zero-order valence-corrected chi connectivity index (χ0v) is 8.79. The third-order valence-corrected chi connectivity index (χ3v) is 3.25. The number of amides is 1. The van der Waals surface area contributed by atoms with Crippen molar-refractivity contribution in [3.05, 3.63) is 0 Å². The van der Waals surface area contributed by atoms with Gasteiger partial charge in [-0.2, -0.15) is 5.26 Å². The third-order valence-electron chi connectivity index (χ3n) is 3.25. The van der Waals surface area contributed by atoms with Crippen molar-refractivity contribution in [3.8, 4) is 6.07 Å². The van der Waals surface area contributed by atoms with Gasteiger partial charge in [0, 0.05) is 6.61 Å². The van der Waals surface area contributed by atoms with E-state index >= 15 is 0 Å². The lowest BCUT2D eigenvalue weighted by molar-refractivity contribution is 0.0740. The molecule has 5 nitrogen and oxygen atoms in total. The van der Waals surface area contributed by atoms with Gasteiger partial charge in [-0.05, 0) is 31.1 Å². The van der Waals surface area contributed by atoms with E-state index in [4.69, 9.17) is 15.5 Å². The van der Waals surface area contributed by atoms with Crippen molar-refractivity contribution in [2.75, 3.05) is 6.61 Å². The molecule has 0 aromatic rings. The number of nitriles is 1. The molecule has 1 aliphatic carbocycles. The number of carboxylic acid groups (broad SMARTS) is 1. The summed E-state index contributed by atoms with van der Waals surface area (Å²) in [7, 11) is 0. The van der Waals surface area contributed by atoms with Crippen LogP contribution in [0.3, 0.4) is 0 Å². The Morgan fingerprint density at radius 3 is 2.33 bits per heavy atom. The van der Waals surface area contributed by atoms with E-state index in [1.54, 1.807) is 0 Å². The largest absolute Gasteiger partial charge is 0.465 e. The first-order valence-electron chi connectivity index (χ1n) is 4.99. The summed E-state index contributed by atoms with van der Waals surface area (Å²) < 4.78 is 0. The SMILES string of the molecule is CC1(CO)CCC(C#N)(NC(=O)O)CC1. The molecule has 0 bridgehead atoms. The van der Waals surface area contributed by atoms with Gasteiger partial charge in [0.1, 0.15) is 5.54 Å². The fraction of sp³-hybridized carbons (Fsp3) is 0.800. The van der Waals surface area contributed by atoms with Crippen LogP contribution in [0, 0.1) is 16.7 Å². The number of aliphatic hydroxyl groups excluding tert-OH is 1. The summed E-state index contributed by atoms with van der Waals surface area (Å²) in [6, 6.07) is 2.04. The van der Waals surface area contributed by atoms with Crippen molar-refractivity contribution in [1.29, 1.82) is 5.26 Å². The Bertz CT molecular complexity index is 288. The molecule has 0 saturated heterocycles. The molecule has 0 aromatic carbocycles. The van der Waals surface area contributed by atoms with E-state index in [-0.39, 0.29) is 12.0 Å². The molecule has 0 heterocycles. The second-order valence-corrected chi connectivity index (χ2v) is 4.59. The number of rotatable bonds is 2. The molecule has 1 aliphatic rings. The highest BCUT2D eigenvalue weighted by atomic mass is 16.4. The summed E-state index contributed by atoms with van der Waals surface area (Å²) in [5.74, 6) is 0. The summed E-state index contributed by atoms with van der Waals surface area (Å²) in [4.78, 5) is 10.6. The second-order valence-electron chi connectivity index (χ2n) is 4.59. The van der Waals surface area contributed by atoms with Crippen LogP contribution in [0.5, 0.6) is 0 Å². The minimum Gasteiger partial charge on any atom is -0.465 e. The highest BCUT2D eigenvalue weighted by Crippen LogP contribution is 2.39. The standard InChI is InChI=1S/C10H16N2O3/c1-9(7-13)2-4-10(6-11,5-3-9)12-8(14)15/h12-13H,2-5,7H2,1H3,(H,14,15). The topological polar surface area (TPSA) is 93.4 Å². The summed E-state index contributed by atoms with van der Waals surface area (Å²) in [6.07, 6.45) is 1.10. The number of nitrogens with one attached hydrogen (secondary N) is 1. The van der Waals surface area contributed by atoms with Gasteiger partial charge >= 0.3 is 6.09 Å². The van der Waals surface area contributed by atoms with Crippen molar-refractivity contribution in [3.63, 3.8) is 0 Å². The van der Waals surface area contributed by atoms with Crippen molar-refractivity contribution in [1.82, 2.24) is 5.32 Å². The fourth-order valence-electron chi connectivity index (χ4n) is 1.91. The Hall–Kier alpha value is -1.28. The first kappa shape index (κ1) is 11.8. The van der Waals surface area contributed by atoms with Gasteiger partial charge in [0.2, 0.25) is 0 Å². The second kappa shape index (κ2) is 4.07. The molecule has 0 radical (unpaired) electrons. The summed E-state index contributed by atoms with van der Waals surface area (Å²) in [5, 5.41) is 29.1. The van der Waals surface area contributed by atoms with Gasteiger partial charge in [-0.3, -0.25) is 0 Å². The van der Waals surface area contributed by atoms with Crippen LogP contribution in [0.15, 0.2) is 0 Å². The van der Waals surface area contributed by atoms with Gasteiger partial charge in [0.05, 0.1) is 6.07 Å². The van der Waals surface area contributed by atoms with Gasteiger partial charge in [0.15, 0.2) is 0 Å². The molecular weight excluding hydrogens is 196 g/mol. The minimum absolute atomic E-state index is 0.0849. The van der Waals surface area contributed by atoms with Crippen molar-refractivity contribution in [2.24, 2.45) is 5.41 Å². The average Bonchev–Trinajstić information content (AvgIpc) is 2.22. The maximum absolute atomic E-state index is 10.6. The lowest BCUT2D eigenvalue weighted by Gasteiger charge is -2.40. The predicted octanol–water partition coefficient (Wildman–Crippen LogP) is 1.09. The van der Waals surface area contributed by atoms with E-state index in [1.807, 2.05) is 13.0 Å². The van der Waals surface area contributed by atoms with Crippen molar-refractivity contribution < 1.29 is 15.0 Å². The number of carbonyl (C=O) groups is 1. The van der Waals surface area contributed by atoms with Crippen molar-refractivity contribution >= 4 is 6.09 Å². The lowest BCUT2D eigenvalue weighted by atomic mass is 9.69. The molecule has 0 atom stereocenters. The molecule has 1 saturated carbocycles. The molecule has 1 amide bonds. The molecule has 15 heavy (non-hydrogen) atoms. The smallest absolute Gasteiger partial charge is 0.405 e. The van der Waals surface area contributed by atoms with Crippen LogP contribution >= 0.6 is 0 Å². The maximum atomic E-state index is 10.6. The number of hydrogen-bond acceptors (Lipinski definition) is 3. The highest BCUT2D eigenvalue weighted by Gasteiger charge is 2.41. The Kier molecular flexibility index (Phi) is 3.20. The summed E-state index contributed by atoms with van der Waals surface area (Å²) in [6.45, 7) is 2.04. The van der Waals surface area contributed by atoms with Crippen LogP contribution in [-0.2, 0) is 0 Å². The highest BCUT2D eigenvalue weighted by molar-refractivity contribution is 5.66. The Labute approximate surface area is 88.7 Å². The molecule has 0 aromatic heterocycles. The van der Waals surface area contributed by atoms with E-state index in [2.05, 4.69) is 5.32 Å². The van der Waals surface area contributed by atoms with Gasteiger partial charge in [-0.15, -0.1) is 0 Å². The molecular formula is C10H16N2O3. The first-order chi connectivity index (χ1) is 6.95. The van der Waals surface area contributed by atoms with Crippen molar-refractivity contribution in [2.45, 2.75) is 38.1 Å². The summed E-state index contributed by atoms with van der Waals surface area (Å²) >= 11 is 0. The van der Waals surface area contributed by atoms with Crippen LogP contribution in [0.2, 0.25) is 0 Å². The molecule has 3 N–H and O–H groups in total. The van der Waals surface area contributed by atoms with Crippen LogP contribution < -0.4 is 5.32 Å². The number of nitrogens with zero attached hydrogens (tertiary/aromatic N) is 1. The first-order valence-corrected chi connectivity index (χ1v) is 4.99. The van der Waals surface area contributed by atoms with Gasteiger partial charge in [0.25, 0.3) is 0 Å². The van der Waals surface area contributed by atoms with Crippen LogP contribution in [0.1, 0.15) is 32.6 Å².